The fraction of sp³-hybridized carbons (Fsp3) is 0.231. The smallest absolute Gasteiger partial charge is 0.270 e. The molecule has 0 saturated carbocycles. The number of nitrogen functional groups attached to an aromatic ring is 1. The molecule has 2 aromatic rings. The summed E-state index contributed by atoms with van der Waals surface area (Å²) in [5, 5.41) is 0. The van der Waals surface area contributed by atoms with Crippen molar-refractivity contribution in [2.45, 2.75) is 6.54 Å². The van der Waals surface area contributed by atoms with Crippen LogP contribution in [0, 0.1) is 0 Å². The molecule has 0 aliphatic rings. The molecule has 2 N–H and O–H groups in total. The van der Waals surface area contributed by atoms with Crippen LogP contribution in [0.1, 0.15) is 16.2 Å². The van der Waals surface area contributed by atoms with Gasteiger partial charge in [-0.2, -0.15) is 0 Å². The van der Waals surface area contributed by atoms with E-state index in [1.807, 2.05) is 18.2 Å². The zero-order valence-corrected chi connectivity index (χ0v) is 10.5. The number of aryl methyl sites for hydroxylation is 1. The summed E-state index contributed by atoms with van der Waals surface area (Å²) in [6.07, 6.45) is 3.44. The third-order valence-electron chi connectivity index (χ3n) is 2.72. The van der Waals surface area contributed by atoms with Crippen LogP contribution in [0.25, 0.3) is 0 Å². The topological polar surface area (TPSA) is 64.2 Å². The van der Waals surface area contributed by atoms with Gasteiger partial charge in [-0.05, 0) is 18.2 Å². The SMILES string of the molecule is CN(Cc1ccccn1)C(=O)c1cc(N)cn1C. The van der Waals surface area contributed by atoms with Crippen molar-refractivity contribution in [2.75, 3.05) is 12.8 Å². The van der Waals surface area contributed by atoms with E-state index in [4.69, 9.17) is 5.73 Å². The first-order valence-electron chi connectivity index (χ1n) is 5.65. The minimum Gasteiger partial charge on any atom is -0.397 e. The van der Waals surface area contributed by atoms with E-state index in [2.05, 4.69) is 4.98 Å². The largest absolute Gasteiger partial charge is 0.397 e. The summed E-state index contributed by atoms with van der Waals surface area (Å²) in [4.78, 5) is 18.0. The van der Waals surface area contributed by atoms with E-state index in [1.165, 1.54) is 0 Å². The summed E-state index contributed by atoms with van der Waals surface area (Å²) in [7, 11) is 3.55. The van der Waals surface area contributed by atoms with E-state index in [1.54, 1.807) is 42.0 Å². The molecule has 5 nitrogen and oxygen atoms in total. The molecule has 0 aliphatic heterocycles. The Kier molecular flexibility index (Phi) is 3.32. The van der Waals surface area contributed by atoms with Gasteiger partial charge < -0.3 is 15.2 Å². The highest BCUT2D eigenvalue weighted by atomic mass is 16.2. The highest BCUT2D eigenvalue weighted by Gasteiger charge is 2.16. The van der Waals surface area contributed by atoms with E-state index in [0.717, 1.165) is 5.69 Å². The number of anilines is 1. The van der Waals surface area contributed by atoms with Crippen LogP contribution in [0.2, 0.25) is 0 Å². The maximum atomic E-state index is 12.2. The molecule has 1 amide bonds. The van der Waals surface area contributed by atoms with Crippen molar-refractivity contribution in [2.24, 2.45) is 7.05 Å². The van der Waals surface area contributed by atoms with Crippen molar-refractivity contribution in [3.8, 4) is 0 Å². The fourth-order valence-corrected chi connectivity index (χ4v) is 1.80. The zero-order chi connectivity index (χ0) is 13.1. The summed E-state index contributed by atoms with van der Waals surface area (Å²) < 4.78 is 1.73. The minimum absolute atomic E-state index is 0.0696. The molecule has 2 aromatic heterocycles. The van der Waals surface area contributed by atoms with Gasteiger partial charge in [-0.3, -0.25) is 9.78 Å². The summed E-state index contributed by atoms with van der Waals surface area (Å²) in [5.74, 6) is -0.0696. The second-order valence-corrected chi connectivity index (χ2v) is 4.25. The molecule has 0 aromatic carbocycles. The van der Waals surface area contributed by atoms with E-state index in [9.17, 15) is 4.79 Å². The number of carbonyl (C=O) groups excluding carboxylic acids is 1. The molecular formula is C13H16N4O. The molecule has 0 fully saturated rings. The maximum Gasteiger partial charge on any atom is 0.270 e. The number of aromatic nitrogens is 2. The number of hydrogen-bond acceptors (Lipinski definition) is 3. The quantitative estimate of drug-likeness (QED) is 0.884. The molecule has 5 heteroatoms. The van der Waals surface area contributed by atoms with Crippen LogP contribution >= 0.6 is 0 Å². The highest BCUT2D eigenvalue weighted by Crippen LogP contribution is 2.12. The van der Waals surface area contributed by atoms with Gasteiger partial charge in [0.2, 0.25) is 0 Å². The second-order valence-electron chi connectivity index (χ2n) is 4.25. The van der Waals surface area contributed by atoms with E-state index in [-0.39, 0.29) is 5.91 Å². The Balaban J connectivity index is 2.12. The molecule has 0 spiro atoms. The molecule has 18 heavy (non-hydrogen) atoms. The first-order valence-corrected chi connectivity index (χ1v) is 5.65. The van der Waals surface area contributed by atoms with Crippen molar-refractivity contribution in [1.82, 2.24) is 14.5 Å². The average Bonchev–Trinajstić information content (AvgIpc) is 2.68. The van der Waals surface area contributed by atoms with Crippen LogP contribution in [-0.4, -0.2) is 27.4 Å². The Morgan fingerprint density at radius 3 is 2.83 bits per heavy atom. The van der Waals surface area contributed by atoms with Gasteiger partial charge in [0.15, 0.2) is 0 Å². The molecule has 0 bridgehead atoms. The van der Waals surface area contributed by atoms with Gasteiger partial charge in [-0.1, -0.05) is 6.07 Å². The Morgan fingerprint density at radius 1 is 1.50 bits per heavy atom. The molecule has 2 heterocycles. The van der Waals surface area contributed by atoms with Crippen LogP contribution in [-0.2, 0) is 13.6 Å². The van der Waals surface area contributed by atoms with E-state index in [0.29, 0.717) is 17.9 Å². The molecule has 0 unspecified atom stereocenters. The lowest BCUT2D eigenvalue weighted by atomic mass is 10.3. The maximum absolute atomic E-state index is 12.2. The Morgan fingerprint density at radius 2 is 2.28 bits per heavy atom. The van der Waals surface area contributed by atoms with Gasteiger partial charge in [0.25, 0.3) is 5.91 Å². The molecule has 0 saturated heterocycles. The van der Waals surface area contributed by atoms with E-state index < -0.39 is 0 Å². The van der Waals surface area contributed by atoms with Crippen molar-refractivity contribution < 1.29 is 4.79 Å². The summed E-state index contributed by atoms with van der Waals surface area (Å²) in [6, 6.07) is 7.32. The first-order chi connectivity index (χ1) is 8.58. The highest BCUT2D eigenvalue weighted by molar-refractivity contribution is 5.93. The lowest BCUT2D eigenvalue weighted by Gasteiger charge is -2.16. The van der Waals surface area contributed by atoms with Crippen molar-refractivity contribution in [1.29, 1.82) is 0 Å². The van der Waals surface area contributed by atoms with Crippen LogP contribution in [0.15, 0.2) is 36.7 Å². The summed E-state index contributed by atoms with van der Waals surface area (Å²) in [5.41, 5.74) is 7.69. The Hall–Kier alpha value is -2.30. The predicted molar refractivity (Wildman–Crippen MR) is 69.9 cm³/mol. The molecule has 2 rings (SSSR count). The van der Waals surface area contributed by atoms with Gasteiger partial charge in [0.05, 0.1) is 17.9 Å². The third kappa shape index (κ3) is 2.51. The lowest BCUT2D eigenvalue weighted by molar-refractivity contribution is 0.0774. The first kappa shape index (κ1) is 12.2. The van der Waals surface area contributed by atoms with Crippen molar-refractivity contribution in [3.05, 3.63) is 48.0 Å². The monoisotopic (exact) mass is 244 g/mol. The molecule has 0 aliphatic carbocycles. The normalized spacial score (nSPS) is 10.3. The zero-order valence-electron chi connectivity index (χ0n) is 10.5. The molecule has 0 atom stereocenters. The fourth-order valence-electron chi connectivity index (χ4n) is 1.80. The molecule has 94 valence electrons. The number of amides is 1. The Bertz CT molecular complexity index is 547. The standard InChI is InChI=1S/C13H16N4O/c1-16-8-10(14)7-12(16)13(18)17(2)9-11-5-3-4-6-15-11/h3-8H,9,14H2,1-2H3. The molecule has 0 radical (unpaired) electrons. The van der Waals surface area contributed by atoms with Crippen molar-refractivity contribution in [3.63, 3.8) is 0 Å². The van der Waals surface area contributed by atoms with Gasteiger partial charge in [-0.15, -0.1) is 0 Å². The predicted octanol–water partition coefficient (Wildman–Crippen LogP) is 1.27. The average molecular weight is 244 g/mol. The second kappa shape index (κ2) is 4.91. The number of pyridine rings is 1. The lowest BCUT2D eigenvalue weighted by Crippen LogP contribution is -2.28. The van der Waals surface area contributed by atoms with Crippen LogP contribution in [0.3, 0.4) is 0 Å². The number of rotatable bonds is 3. The van der Waals surface area contributed by atoms with Crippen molar-refractivity contribution >= 4 is 11.6 Å². The van der Waals surface area contributed by atoms with Gasteiger partial charge in [0, 0.05) is 26.5 Å². The third-order valence-corrected chi connectivity index (χ3v) is 2.72. The van der Waals surface area contributed by atoms with Crippen LogP contribution in [0.4, 0.5) is 5.69 Å². The van der Waals surface area contributed by atoms with Gasteiger partial charge in [0.1, 0.15) is 5.69 Å². The molecular weight excluding hydrogens is 228 g/mol. The van der Waals surface area contributed by atoms with Gasteiger partial charge >= 0.3 is 0 Å². The van der Waals surface area contributed by atoms with E-state index >= 15 is 0 Å². The van der Waals surface area contributed by atoms with Crippen LogP contribution < -0.4 is 5.73 Å². The number of hydrogen-bond donors (Lipinski definition) is 1. The van der Waals surface area contributed by atoms with Crippen LogP contribution in [0.5, 0.6) is 0 Å². The Labute approximate surface area is 106 Å². The number of nitrogens with zero attached hydrogens (tertiary/aromatic N) is 3. The number of nitrogens with two attached hydrogens (primary N) is 1. The summed E-state index contributed by atoms with van der Waals surface area (Å²) >= 11 is 0. The van der Waals surface area contributed by atoms with Gasteiger partial charge in [-0.25, -0.2) is 0 Å². The minimum atomic E-state index is -0.0696. The summed E-state index contributed by atoms with van der Waals surface area (Å²) in [6.45, 7) is 0.477. The number of carbonyl (C=O) groups is 1.